The molecule has 2 aromatic rings. The molecule has 0 radical (unpaired) electrons. The molecule has 0 N–H and O–H groups in total. The Labute approximate surface area is 148 Å². The van der Waals surface area contributed by atoms with E-state index in [2.05, 4.69) is 20.9 Å². The standard InChI is InChI=1S/C18H17BrN2O3/c1-3-18(17(23)24-2)15-14(5-4-10-20-15)16(22)21(18)11-12-6-8-13(19)9-7-12/h4-10H,3,11H2,1-2H3. The highest BCUT2D eigenvalue weighted by Crippen LogP contribution is 2.42. The summed E-state index contributed by atoms with van der Waals surface area (Å²) in [6.45, 7) is 2.17. The van der Waals surface area contributed by atoms with Gasteiger partial charge >= 0.3 is 5.97 Å². The molecule has 5 nitrogen and oxygen atoms in total. The average Bonchev–Trinajstić information content (AvgIpc) is 2.86. The van der Waals surface area contributed by atoms with Gasteiger partial charge in [-0.05, 0) is 36.2 Å². The lowest BCUT2D eigenvalue weighted by atomic mass is 9.91. The van der Waals surface area contributed by atoms with E-state index in [4.69, 9.17) is 4.74 Å². The van der Waals surface area contributed by atoms with Crippen LogP contribution in [0.3, 0.4) is 0 Å². The number of rotatable bonds is 4. The number of benzene rings is 1. The van der Waals surface area contributed by atoms with Gasteiger partial charge in [-0.25, -0.2) is 4.79 Å². The molecule has 2 heterocycles. The zero-order chi connectivity index (χ0) is 17.3. The van der Waals surface area contributed by atoms with Crippen LogP contribution in [-0.4, -0.2) is 28.9 Å². The Kier molecular flexibility index (Phi) is 4.41. The van der Waals surface area contributed by atoms with E-state index < -0.39 is 11.5 Å². The van der Waals surface area contributed by atoms with Gasteiger partial charge in [0.05, 0.1) is 18.4 Å². The van der Waals surface area contributed by atoms with Crippen LogP contribution in [0.4, 0.5) is 0 Å². The van der Waals surface area contributed by atoms with Gasteiger partial charge in [0.25, 0.3) is 5.91 Å². The van der Waals surface area contributed by atoms with E-state index in [0.717, 1.165) is 10.0 Å². The first-order chi connectivity index (χ1) is 11.5. The minimum Gasteiger partial charge on any atom is -0.467 e. The minimum absolute atomic E-state index is 0.201. The number of amides is 1. The molecule has 0 aliphatic carbocycles. The Morgan fingerprint density at radius 1 is 1.29 bits per heavy atom. The number of pyridine rings is 1. The van der Waals surface area contributed by atoms with Gasteiger partial charge in [-0.2, -0.15) is 0 Å². The summed E-state index contributed by atoms with van der Waals surface area (Å²) in [7, 11) is 1.34. The van der Waals surface area contributed by atoms with Crippen molar-refractivity contribution in [3.05, 3.63) is 63.9 Å². The van der Waals surface area contributed by atoms with Crippen molar-refractivity contribution < 1.29 is 14.3 Å². The van der Waals surface area contributed by atoms with Gasteiger partial charge in [-0.15, -0.1) is 0 Å². The summed E-state index contributed by atoms with van der Waals surface area (Å²) in [5.74, 6) is -0.666. The third-order valence-electron chi connectivity index (χ3n) is 4.42. The quantitative estimate of drug-likeness (QED) is 0.754. The SMILES string of the molecule is CCC1(C(=O)OC)c2ncccc2C(=O)N1Cc1ccc(Br)cc1. The van der Waals surface area contributed by atoms with Gasteiger partial charge in [0.1, 0.15) is 0 Å². The second-order valence-electron chi connectivity index (χ2n) is 5.62. The van der Waals surface area contributed by atoms with Crippen LogP contribution in [0.1, 0.15) is 35.0 Å². The molecular weight excluding hydrogens is 372 g/mol. The summed E-state index contributed by atoms with van der Waals surface area (Å²) in [5.41, 5.74) is 0.680. The topological polar surface area (TPSA) is 59.5 Å². The second kappa shape index (κ2) is 6.36. The molecule has 1 aromatic heterocycles. The van der Waals surface area contributed by atoms with Crippen LogP contribution >= 0.6 is 15.9 Å². The molecule has 1 unspecified atom stereocenters. The molecule has 1 aliphatic heterocycles. The Hall–Kier alpha value is -2.21. The molecular formula is C18H17BrN2O3. The third kappa shape index (κ3) is 2.41. The lowest BCUT2D eigenvalue weighted by molar-refractivity contribution is -0.154. The van der Waals surface area contributed by atoms with Crippen LogP contribution in [0, 0.1) is 0 Å². The minimum atomic E-state index is -1.19. The summed E-state index contributed by atoms with van der Waals surface area (Å²) < 4.78 is 6.00. The Bertz CT molecular complexity index is 791. The molecule has 0 saturated carbocycles. The molecule has 6 heteroatoms. The number of carbonyl (C=O) groups excluding carboxylic acids is 2. The summed E-state index contributed by atoms with van der Waals surface area (Å²) in [6.07, 6.45) is 1.99. The number of hydrogen-bond acceptors (Lipinski definition) is 4. The fraction of sp³-hybridized carbons (Fsp3) is 0.278. The lowest BCUT2D eigenvalue weighted by Crippen LogP contribution is -2.50. The normalized spacial score (nSPS) is 19.3. The van der Waals surface area contributed by atoms with E-state index in [1.807, 2.05) is 31.2 Å². The first-order valence-corrected chi connectivity index (χ1v) is 8.44. The van der Waals surface area contributed by atoms with E-state index in [1.54, 1.807) is 23.2 Å². The number of nitrogens with zero attached hydrogens (tertiary/aromatic N) is 2. The summed E-state index contributed by atoms with van der Waals surface area (Å²) in [6, 6.07) is 11.1. The van der Waals surface area contributed by atoms with Crippen molar-refractivity contribution in [2.75, 3.05) is 7.11 Å². The number of carbonyl (C=O) groups is 2. The molecule has 1 amide bonds. The maximum Gasteiger partial charge on any atom is 0.338 e. The van der Waals surface area contributed by atoms with Crippen molar-refractivity contribution in [3.8, 4) is 0 Å². The molecule has 3 rings (SSSR count). The van der Waals surface area contributed by atoms with Crippen LogP contribution < -0.4 is 0 Å². The predicted molar refractivity (Wildman–Crippen MR) is 92.2 cm³/mol. The second-order valence-corrected chi connectivity index (χ2v) is 6.54. The number of methoxy groups -OCH3 is 1. The van der Waals surface area contributed by atoms with Crippen molar-refractivity contribution >= 4 is 27.8 Å². The zero-order valence-corrected chi connectivity index (χ0v) is 15.0. The summed E-state index contributed by atoms with van der Waals surface area (Å²) in [4.78, 5) is 31.5. The maximum absolute atomic E-state index is 12.9. The van der Waals surface area contributed by atoms with E-state index in [9.17, 15) is 9.59 Å². The van der Waals surface area contributed by atoms with Crippen molar-refractivity contribution in [1.82, 2.24) is 9.88 Å². The molecule has 0 bridgehead atoms. The number of fused-ring (bicyclic) bond motifs is 1. The van der Waals surface area contributed by atoms with Gasteiger partial charge < -0.3 is 9.64 Å². The summed E-state index contributed by atoms with van der Waals surface area (Å²) in [5, 5.41) is 0. The van der Waals surface area contributed by atoms with Crippen molar-refractivity contribution in [2.45, 2.75) is 25.4 Å². The predicted octanol–water partition coefficient (Wildman–Crippen LogP) is 3.28. The highest BCUT2D eigenvalue weighted by Gasteiger charge is 2.55. The Balaban J connectivity index is 2.11. The van der Waals surface area contributed by atoms with Crippen molar-refractivity contribution in [2.24, 2.45) is 0 Å². The highest BCUT2D eigenvalue weighted by molar-refractivity contribution is 9.10. The monoisotopic (exact) mass is 388 g/mol. The van der Waals surface area contributed by atoms with E-state index in [0.29, 0.717) is 24.2 Å². The van der Waals surface area contributed by atoms with Crippen LogP contribution in [0.2, 0.25) is 0 Å². The van der Waals surface area contributed by atoms with Crippen molar-refractivity contribution in [3.63, 3.8) is 0 Å². The van der Waals surface area contributed by atoms with Gasteiger partial charge in [0.2, 0.25) is 0 Å². The zero-order valence-electron chi connectivity index (χ0n) is 13.5. The Morgan fingerprint density at radius 3 is 2.62 bits per heavy atom. The number of halogens is 1. The van der Waals surface area contributed by atoms with E-state index >= 15 is 0 Å². The molecule has 1 aromatic carbocycles. The Morgan fingerprint density at radius 2 is 2.00 bits per heavy atom. The molecule has 124 valence electrons. The fourth-order valence-corrected chi connectivity index (χ4v) is 3.48. The van der Waals surface area contributed by atoms with Gasteiger partial charge in [0.15, 0.2) is 5.54 Å². The number of aromatic nitrogens is 1. The van der Waals surface area contributed by atoms with Crippen LogP contribution in [0.15, 0.2) is 47.1 Å². The van der Waals surface area contributed by atoms with Crippen LogP contribution in [0.5, 0.6) is 0 Å². The molecule has 24 heavy (non-hydrogen) atoms. The molecule has 0 spiro atoms. The number of ether oxygens (including phenoxy) is 1. The van der Waals surface area contributed by atoms with Gasteiger partial charge in [-0.1, -0.05) is 35.0 Å². The largest absolute Gasteiger partial charge is 0.467 e. The third-order valence-corrected chi connectivity index (χ3v) is 4.95. The highest BCUT2D eigenvalue weighted by atomic mass is 79.9. The lowest BCUT2D eigenvalue weighted by Gasteiger charge is -2.35. The van der Waals surface area contributed by atoms with E-state index in [1.165, 1.54) is 7.11 Å². The van der Waals surface area contributed by atoms with Gasteiger partial charge in [-0.3, -0.25) is 9.78 Å². The van der Waals surface area contributed by atoms with E-state index in [-0.39, 0.29) is 5.91 Å². The first-order valence-electron chi connectivity index (χ1n) is 7.65. The summed E-state index contributed by atoms with van der Waals surface area (Å²) >= 11 is 3.40. The number of esters is 1. The van der Waals surface area contributed by atoms with Gasteiger partial charge in [0, 0.05) is 17.2 Å². The maximum atomic E-state index is 12.9. The first kappa shape index (κ1) is 16.6. The van der Waals surface area contributed by atoms with Crippen LogP contribution in [-0.2, 0) is 21.6 Å². The molecule has 0 fully saturated rings. The molecule has 0 saturated heterocycles. The van der Waals surface area contributed by atoms with Crippen molar-refractivity contribution in [1.29, 1.82) is 0 Å². The van der Waals surface area contributed by atoms with Crippen LogP contribution in [0.25, 0.3) is 0 Å². The average molecular weight is 389 g/mol. The number of hydrogen-bond donors (Lipinski definition) is 0. The smallest absolute Gasteiger partial charge is 0.338 e. The fourth-order valence-electron chi connectivity index (χ4n) is 3.21. The molecule has 1 aliphatic rings. The molecule has 1 atom stereocenters.